The van der Waals surface area contributed by atoms with Gasteiger partial charge in [0, 0.05) is 26.3 Å². The van der Waals surface area contributed by atoms with E-state index in [0.29, 0.717) is 6.54 Å². The van der Waals surface area contributed by atoms with E-state index in [2.05, 4.69) is 34.5 Å². The zero-order valence-electron chi connectivity index (χ0n) is 15.0. The van der Waals surface area contributed by atoms with Gasteiger partial charge in [0.15, 0.2) is 0 Å². The van der Waals surface area contributed by atoms with E-state index in [-0.39, 0.29) is 11.9 Å². The first-order valence-electron chi connectivity index (χ1n) is 8.25. The van der Waals surface area contributed by atoms with Gasteiger partial charge in [0.25, 0.3) is 0 Å². The molecule has 0 aliphatic rings. The van der Waals surface area contributed by atoms with Crippen LogP contribution in [0.15, 0.2) is 54.6 Å². The SMILES string of the molecule is C[C@@H](NC(=O)CN(C)Cc1ccc(N(C)C)cc1)c1ccccc1. The van der Waals surface area contributed by atoms with Crippen LogP contribution in [0.1, 0.15) is 24.1 Å². The minimum Gasteiger partial charge on any atom is -0.378 e. The molecule has 1 atom stereocenters. The molecule has 24 heavy (non-hydrogen) atoms. The lowest BCUT2D eigenvalue weighted by Gasteiger charge is -2.20. The Morgan fingerprint density at radius 1 is 1.00 bits per heavy atom. The largest absolute Gasteiger partial charge is 0.378 e. The molecule has 1 amide bonds. The molecular weight excluding hydrogens is 298 g/mol. The molecule has 0 saturated carbocycles. The van der Waals surface area contributed by atoms with Crippen LogP contribution in [0, 0.1) is 0 Å². The van der Waals surface area contributed by atoms with Crippen LogP contribution < -0.4 is 10.2 Å². The predicted octanol–water partition coefficient (Wildman–Crippen LogP) is 3.06. The number of carbonyl (C=O) groups excluding carboxylic acids is 1. The van der Waals surface area contributed by atoms with Crippen molar-refractivity contribution in [2.45, 2.75) is 19.5 Å². The summed E-state index contributed by atoms with van der Waals surface area (Å²) in [6.07, 6.45) is 0. The Morgan fingerprint density at radius 2 is 1.62 bits per heavy atom. The molecule has 4 nitrogen and oxygen atoms in total. The third kappa shape index (κ3) is 5.39. The van der Waals surface area contributed by atoms with Gasteiger partial charge in [-0.3, -0.25) is 9.69 Å². The van der Waals surface area contributed by atoms with Gasteiger partial charge in [0.05, 0.1) is 12.6 Å². The first-order valence-corrected chi connectivity index (χ1v) is 8.25. The van der Waals surface area contributed by atoms with E-state index in [9.17, 15) is 4.79 Å². The topological polar surface area (TPSA) is 35.6 Å². The maximum absolute atomic E-state index is 12.2. The van der Waals surface area contributed by atoms with Gasteiger partial charge < -0.3 is 10.2 Å². The van der Waals surface area contributed by atoms with Gasteiger partial charge in [-0.25, -0.2) is 0 Å². The molecule has 0 unspecified atom stereocenters. The molecular formula is C20H27N3O. The van der Waals surface area contributed by atoms with Crippen molar-refractivity contribution >= 4 is 11.6 Å². The van der Waals surface area contributed by atoms with Crippen molar-refractivity contribution in [1.82, 2.24) is 10.2 Å². The number of rotatable bonds is 7. The summed E-state index contributed by atoms with van der Waals surface area (Å²) in [5.41, 5.74) is 3.50. The minimum atomic E-state index is 0.0199. The molecule has 0 saturated heterocycles. The Hall–Kier alpha value is -2.33. The molecule has 0 bridgehead atoms. The maximum atomic E-state index is 12.2. The van der Waals surface area contributed by atoms with Gasteiger partial charge in [-0.1, -0.05) is 42.5 Å². The number of likely N-dealkylation sites (N-methyl/N-ethyl adjacent to an activating group) is 1. The molecule has 0 radical (unpaired) electrons. The fourth-order valence-corrected chi connectivity index (χ4v) is 2.62. The summed E-state index contributed by atoms with van der Waals surface area (Å²) >= 11 is 0. The quantitative estimate of drug-likeness (QED) is 0.850. The van der Waals surface area contributed by atoms with E-state index in [1.165, 1.54) is 11.3 Å². The maximum Gasteiger partial charge on any atom is 0.234 e. The Bertz CT molecular complexity index is 638. The normalized spacial score (nSPS) is 12.0. The van der Waals surface area contributed by atoms with Crippen molar-refractivity contribution in [3.63, 3.8) is 0 Å². The van der Waals surface area contributed by atoms with E-state index in [1.54, 1.807) is 0 Å². The highest BCUT2D eigenvalue weighted by molar-refractivity contribution is 5.78. The number of benzene rings is 2. The predicted molar refractivity (Wildman–Crippen MR) is 100 cm³/mol. The second-order valence-corrected chi connectivity index (χ2v) is 6.43. The lowest BCUT2D eigenvalue weighted by Crippen LogP contribution is -2.36. The average Bonchev–Trinajstić information content (AvgIpc) is 2.55. The Balaban J connectivity index is 1.83. The molecule has 0 aliphatic heterocycles. The van der Waals surface area contributed by atoms with Crippen LogP contribution in [0.4, 0.5) is 5.69 Å². The van der Waals surface area contributed by atoms with Crippen molar-refractivity contribution in [3.8, 4) is 0 Å². The first-order chi connectivity index (χ1) is 11.5. The molecule has 128 valence electrons. The Morgan fingerprint density at radius 3 is 2.21 bits per heavy atom. The first kappa shape index (κ1) is 18.0. The smallest absolute Gasteiger partial charge is 0.234 e. The number of hydrogen-bond acceptors (Lipinski definition) is 3. The number of anilines is 1. The Kier molecular flexibility index (Phi) is 6.38. The molecule has 2 aromatic carbocycles. The van der Waals surface area contributed by atoms with E-state index in [4.69, 9.17) is 0 Å². The summed E-state index contributed by atoms with van der Waals surface area (Å²) in [7, 11) is 6.02. The third-order valence-corrected chi connectivity index (χ3v) is 4.00. The molecule has 4 heteroatoms. The zero-order chi connectivity index (χ0) is 17.5. The van der Waals surface area contributed by atoms with Crippen LogP contribution in [0.3, 0.4) is 0 Å². The number of nitrogens with one attached hydrogen (secondary N) is 1. The summed E-state index contributed by atoms with van der Waals surface area (Å²) in [4.78, 5) is 16.3. The highest BCUT2D eigenvalue weighted by Crippen LogP contribution is 2.14. The molecule has 0 aromatic heterocycles. The summed E-state index contributed by atoms with van der Waals surface area (Å²) in [5.74, 6) is 0.0405. The van der Waals surface area contributed by atoms with Crippen LogP contribution >= 0.6 is 0 Å². The average molecular weight is 325 g/mol. The van der Waals surface area contributed by atoms with Crippen LogP contribution in [0.2, 0.25) is 0 Å². The zero-order valence-corrected chi connectivity index (χ0v) is 15.0. The number of amides is 1. The van der Waals surface area contributed by atoms with E-state index in [1.807, 2.05) is 63.3 Å². The lowest BCUT2D eigenvalue weighted by molar-refractivity contribution is -0.122. The van der Waals surface area contributed by atoms with Gasteiger partial charge in [-0.2, -0.15) is 0 Å². The van der Waals surface area contributed by atoms with Crippen molar-refractivity contribution in [2.24, 2.45) is 0 Å². The highest BCUT2D eigenvalue weighted by Gasteiger charge is 2.11. The molecule has 0 fully saturated rings. The van der Waals surface area contributed by atoms with Gasteiger partial charge in [-0.05, 0) is 37.2 Å². The third-order valence-electron chi connectivity index (χ3n) is 4.00. The fraction of sp³-hybridized carbons (Fsp3) is 0.350. The van der Waals surface area contributed by atoms with Crippen LogP contribution in [0.25, 0.3) is 0 Å². The summed E-state index contributed by atoms with van der Waals surface area (Å²) in [6.45, 7) is 3.14. The van der Waals surface area contributed by atoms with Crippen LogP contribution in [-0.2, 0) is 11.3 Å². The number of hydrogen-bond donors (Lipinski definition) is 1. The van der Waals surface area contributed by atoms with Gasteiger partial charge in [-0.15, -0.1) is 0 Å². The van der Waals surface area contributed by atoms with Gasteiger partial charge >= 0.3 is 0 Å². The molecule has 1 N–H and O–H groups in total. The molecule has 0 aliphatic carbocycles. The van der Waals surface area contributed by atoms with Crippen LogP contribution in [-0.4, -0.2) is 38.5 Å². The van der Waals surface area contributed by atoms with Crippen molar-refractivity contribution in [3.05, 3.63) is 65.7 Å². The van der Waals surface area contributed by atoms with E-state index >= 15 is 0 Å². The van der Waals surface area contributed by atoms with E-state index in [0.717, 1.165) is 12.1 Å². The van der Waals surface area contributed by atoms with Gasteiger partial charge in [0.2, 0.25) is 5.91 Å². The summed E-state index contributed by atoms with van der Waals surface area (Å²) in [6, 6.07) is 18.4. The lowest BCUT2D eigenvalue weighted by atomic mass is 10.1. The van der Waals surface area contributed by atoms with Crippen molar-refractivity contribution in [1.29, 1.82) is 0 Å². The van der Waals surface area contributed by atoms with Gasteiger partial charge in [0.1, 0.15) is 0 Å². The van der Waals surface area contributed by atoms with Crippen molar-refractivity contribution < 1.29 is 4.79 Å². The summed E-state index contributed by atoms with van der Waals surface area (Å²) in [5, 5.41) is 3.05. The monoisotopic (exact) mass is 325 g/mol. The molecule has 2 aromatic rings. The molecule has 0 spiro atoms. The molecule has 0 heterocycles. The molecule has 2 rings (SSSR count). The second kappa shape index (κ2) is 8.50. The number of carbonyl (C=O) groups is 1. The summed E-state index contributed by atoms with van der Waals surface area (Å²) < 4.78 is 0. The number of nitrogens with zero attached hydrogens (tertiary/aromatic N) is 2. The minimum absolute atomic E-state index is 0.0199. The highest BCUT2D eigenvalue weighted by atomic mass is 16.2. The fourth-order valence-electron chi connectivity index (χ4n) is 2.62. The standard InChI is InChI=1S/C20H27N3O/c1-16(18-8-6-5-7-9-18)21-20(24)15-23(4)14-17-10-12-19(13-11-17)22(2)3/h5-13,16H,14-15H2,1-4H3,(H,21,24)/t16-/m1/s1. The van der Waals surface area contributed by atoms with Crippen LogP contribution in [0.5, 0.6) is 0 Å². The Labute approximate surface area is 145 Å². The van der Waals surface area contributed by atoms with Crippen molar-refractivity contribution in [2.75, 3.05) is 32.6 Å². The van der Waals surface area contributed by atoms with E-state index < -0.39 is 0 Å². The second-order valence-electron chi connectivity index (χ2n) is 6.43.